The highest BCUT2D eigenvalue weighted by Crippen LogP contribution is 2.40. The molecule has 108 valence electrons. The molecule has 0 aromatic heterocycles. The molecule has 2 fully saturated rings. The molecule has 1 aromatic carbocycles. The SMILES string of the molecule is Cc1cccc(NC(=O)N2CC3CNCC3C2(C)C)c1. The molecule has 2 heterocycles. The van der Waals surface area contributed by atoms with Crippen LogP contribution < -0.4 is 10.6 Å². The van der Waals surface area contributed by atoms with Crippen LogP contribution in [0.2, 0.25) is 0 Å². The fourth-order valence-corrected chi connectivity index (χ4v) is 3.68. The molecule has 0 spiro atoms. The van der Waals surface area contributed by atoms with Gasteiger partial charge in [0.2, 0.25) is 0 Å². The van der Waals surface area contributed by atoms with Gasteiger partial charge in [0.05, 0.1) is 0 Å². The topological polar surface area (TPSA) is 44.4 Å². The Labute approximate surface area is 120 Å². The highest BCUT2D eigenvalue weighted by molar-refractivity contribution is 5.90. The first-order valence-electron chi connectivity index (χ1n) is 7.34. The molecule has 2 aliphatic rings. The molecule has 2 atom stereocenters. The molecule has 2 unspecified atom stereocenters. The van der Waals surface area contributed by atoms with Crippen LogP contribution in [0.15, 0.2) is 24.3 Å². The van der Waals surface area contributed by atoms with Gasteiger partial charge in [0, 0.05) is 30.9 Å². The monoisotopic (exact) mass is 273 g/mol. The minimum Gasteiger partial charge on any atom is -0.319 e. The van der Waals surface area contributed by atoms with E-state index in [-0.39, 0.29) is 11.6 Å². The Kier molecular flexibility index (Phi) is 3.21. The Morgan fingerprint density at radius 1 is 1.40 bits per heavy atom. The van der Waals surface area contributed by atoms with Crippen molar-refractivity contribution in [3.05, 3.63) is 29.8 Å². The van der Waals surface area contributed by atoms with Gasteiger partial charge >= 0.3 is 6.03 Å². The highest BCUT2D eigenvalue weighted by Gasteiger charge is 2.51. The van der Waals surface area contributed by atoms with Crippen molar-refractivity contribution in [2.24, 2.45) is 11.8 Å². The molecule has 2 aliphatic heterocycles. The number of carbonyl (C=O) groups excluding carboxylic acids is 1. The molecule has 4 nitrogen and oxygen atoms in total. The fraction of sp³-hybridized carbons (Fsp3) is 0.562. The van der Waals surface area contributed by atoms with Crippen LogP contribution in [0, 0.1) is 18.8 Å². The van der Waals surface area contributed by atoms with Crippen LogP contribution in [0.1, 0.15) is 19.4 Å². The van der Waals surface area contributed by atoms with E-state index in [1.165, 1.54) is 0 Å². The van der Waals surface area contributed by atoms with Gasteiger partial charge in [-0.3, -0.25) is 0 Å². The average Bonchev–Trinajstić information content (AvgIpc) is 2.92. The number of amides is 2. The van der Waals surface area contributed by atoms with E-state index in [2.05, 4.69) is 24.5 Å². The van der Waals surface area contributed by atoms with Crippen molar-refractivity contribution < 1.29 is 4.79 Å². The zero-order chi connectivity index (χ0) is 14.3. The van der Waals surface area contributed by atoms with Crippen LogP contribution in [0.25, 0.3) is 0 Å². The lowest BCUT2D eigenvalue weighted by atomic mass is 9.85. The summed E-state index contributed by atoms with van der Waals surface area (Å²) in [5.41, 5.74) is 1.95. The number of nitrogens with one attached hydrogen (secondary N) is 2. The van der Waals surface area contributed by atoms with E-state index in [4.69, 9.17) is 0 Å². The number of likely N-dealkylation sites (tertiary alicyclic amines) is 1. The third kappa shape index (κ3) is 2.18. The average molecular weight is 273 g/mol. The van der Waals surface area contributed by atoms with E-state index in [0.29, 0.717) is 11.8 Å². The molecule has 20 heavy (non-hydrogen) atoms. The van der Waals surface area contributed by atoms with Crippen molar-refractivity contribution in [1.82, 2.24) is 10.2 Å². The maximum absolute atomic E-state index is 12.6. The predicted octanol–water partition coefficient (Wildman–Crippen LogP) is 2.46. The van der Waals surface area contributed by atoms with Crippen molar-refractivity contribution in [1.29, 1.82) is 0 Å². The number of anilines is 1. The number of benzene rings is 1. The largest absolute Gasteiger partial charge is 0.322 e. The number of rotatable bonds is 1. The molecule has 3 rings (SSSR count). The van der Waals surface area contributed by atoms with Gasteiger partial charge in [0.1, 0.15) is 0 Å². The number of carbonyl (C=O) groups is 1. The van der Waals surface area contributed by atoms with E-state index in [1.807, 2.05) is 36.1 Å². The molecule has 4 heteroatoms. The van der Waals surface area contributed by atoms with Gasteiger partial charge < -0.3 is 15.5 Å². The summed E-state index contributed by atoms with van der Waals surface area (Å²) in [4.78, 5) is 14.6. The van der Waals surface area contributed by atoms with E-state index in [0.717, 1.165) is 30.9 Å². The molecule has 1 aromatic rings. The van der Waals surface area contributed by atoms with Crippen molar-refractivity contribution >= 4 is 11.7 Å². The summed E-state index contributed by atoms with van der Waals surface area (Å²) in [6, 6.07) is 7.97. The standard InChI is InChI=1S/C16H23N3O/c1-11-5-4-6-13(7-11)18-15(20)19-10-12-8-17-9-14(12)16(19,2)3/h4-7,12,14,17H,8-10H2,1-3H3,(H,18,20). The molecule has 0 bridgehead atoms. The molecule has 2 N–H and O–H groups in total. The van der Waals surface area contributed by atoms with Gasteiger partial charge in [0.15, 0.2) is 0 Å². The van der Waals surface area contributed by atoms with Crippen LogP contribution in [0.5, 0.6) is 0 Å². The van der Waals surface area contributed by atoms with E-state index in [9.17, 15) is 4.79 Å². The van der Waals surface area contributed by atoms with Crippen molar-refractivity contribution in [2.45, 2.75) is 26.3 Å². The summed E-state index contributed by atoms with van der Waals surface area (Å²) in [5.74, 6) is 1.15. The Morgan fingerprint density at radius 3 is 2.90 bits per heavy atom. The third-order valence-corrected chi connectivity index (χ3v) is 4.87. The fourth-order valence-electron chi connectivity index (χ4n) is 3.68. The molecular weight excluding hydrogens is 250 g/mol. The molecule has 2 amide bonds. The normalized spacial score (nSPS) is 27.4. The molecule has 0 aliphatic carbocycles. The second kappa shape index (κ2) is 4.77. The van der Waals surface area contributed by atoms with Gasteiger partial charge in [-0.25, -0.2) is 4.79 Å². The molecular formula is C16H23N3O. The first-order valence-corrected chi connectivity index (χ1v) is 7.34. The van der Waals surface area contributed by atoms with Gasteiger partial charge in [-0.2, -0.15) is 0 Å². The summed E-state index contributed by atoms with van der Waals surface area (Å²) in [5, 5.41) is 6.47. The summed E-state index contributed by atoms with van der Waals surface area (Å²) >= 11 is 0. The molecule has 0 saturated carbocycles. The van der Waals surface area contributed by atoms with E-state index < -0.39 is 0 Å². The number of hydrogen-bond acceptors (Lipinski definition) is 2. The number of fused-ring (bicyclic) bond motifs is 1. The Balaban J connectivity index is 1.75. The smallest absolute Gasteiger partial charge is 0.319 e. The van der Waals surface area contributed by atoms with Crippen LogP contribution in [-0.4, -0.2) is 36.1 Å². The maximum Gasteiger partial charge on any atom is 0.322 e. The Bertz CT molecular complexity index is 526. The quantitative estimate of drug-likeness (QED) is 0.825. The number of nitrogens with zero attached hydrogens (tertiary/aromatic N) is 1. The number of hydrogen-bond donors (Lipinski definition) is 2. The number of aryl methyl sites for hydroxylation is 1. The van der Waals surface area contributed by atoms with Crippen LogP contribution in [0.3, 0.4) is 0 Å². The first-order chi connectivity index (χ1) is 9.48. The zero-order valence-electron chi connectivity index (χ0n) is 12.4. The van der Waals surface area contributed by atoms with Gasteiger partial charge in [-0.15, -0.1) is 0 Å². The third-order valence-electron chi connectivity index (χ3n) is 4.87. The predicted molar refractivity (Wildman–Crippen MR) is 80.8 cm³/mol. The van der Waals surface area contributed by atoms with Gasteiger partial charge in [-0.05, 0) is 50.3 Å². The summed E-state index contributed by atoms with van der Waals surface area (Å²) in [6.45, 7) is 9.29. The minimum atomic E-state index is -0.0813. The van der Waals surface area contributed by atoms with E-state index in [1.54, 1.807) is 0 Å². The lowest BCUT2D eigenvalue weighted by Crippen LogP contribution is -2.49. The minimum absolute atomic E-state index is 0.0231. The second-order valence-electron chi connectivity index (χ2n) is 6.59. The summed E-state index contributed by atoms with van der Waals surface area (Å²) in [6.07, 6.45) is 0. The van der Waals surface area contributed by atoms with Crippen molar-refractivity contribution in [3.63, 3.8) is 0 Å². The highest BCUT2D eigenvalue weighted by atomic mass is 16.2. The maximum atomic E-state index is 12.6. The molecule has 0 radical (unpaired) electrons. The first kappa shape index (κ1) is 13.4. The van der Waals surface area contributed by atoms with Crippen molar-refractivity contribution in [3.8, 4) is 0 Å². The zero-order valence-corrected chi connectivity index (χ0v) is 12.4. The lowest BCUT2D eigenvalue weighted by molar-refractivity contribution is 0.157. The lowest BCUT2D eigenvalue weighted by Gasteiger charge is -2.35. The van der Waals surface area contributed by atoms with E-state index >= 15 is 0 Å². The number of urea groups is 1. The molecule has 2 saturated heterocycles. The Hall–Kier alpha value is -1.55. The second-order valence-corrected chi connectivity index (χ2v) is 6.59. The Morgan fingerprint density at radius 2 is 2.20 bits per heavy atom. The van der Waals surface area contributed by atoms with Gasteiger partial charge in [-0.1, -0.05) is 12.1 Å². The summed E-state index contributed by atoms with van der Waals surface area (Å²) < 4.78 is 0. The van der Waals surface area contributed by atoms with Crippen LogP contribution >= 0.6 is 0 Å². The van der Waals surface area contributed by atoms with Crippen LogP contribution in [-0.2, 0) is 0 Å². The van der Waals surface area contributed by atoms with Crippen LogP contribution in [0.4, 0.5) is 10.5 Å². The van der Waals surface area contributed by atoms with Crippen molar-refractivity contribution in [2.75, 3.05) is 25.0 Å². The van der Waals surface area contributed by atoms with Gasteiger partial charge in [0.25, 0.3) is 0 Å². The summed E-state index contributed by atoms with van der Waals surface area (Å²) in [7, 11) is 0.